The molecule has 0 saturated heterocycles. The lowest BCUT2D eigenvalue weighted by atomic mass is 10.2. The molecule has 21 heavy (non-hydrogen) atoms. The largest absolute Gasteiger partial charge is 0.378 e. The van der Waals surface area contributed by atoms with Gasteiger partial charge in [0.25, 0.3) is 0 Å². The van der Waals surface area contributed by atoms with E-state index in [4.69, 9.17) is 0 Å². The number of nitrogens with one attached hydrogen (secondary N) is 2. The Morgan fingerprint density at radius 1 is 1.00 bits per heavy atom. The molecule has 6 heteroatoms. The second-order valence-corrected chi connectivity index (χ2v) is 4.59. The van der Waals surface area contributed by atoms with Crippen LogP contribution in [0.2, 0.25) is 0 Å². The van der Waals surface area contributed by atoms with E-state index in [9.17, 15) is 9.59 Å². The lowest BCUT2D eigenvalue weighted by Gasteiger charge is -2.13. The van der Waals surface area contributed by atoms with E-state index in [2.05, 4.69) is 15.6 Å². The van der Waals surface area contributed by atoms with Gasteiger partial charge in [-0.3, -0.25) is 14.6 Å². The molecule has 0 saturated carbocycles. The van der Waals surface area contributed by atoms with Crippen molar-refractivity contribution in [2.75, 3.05) is 29.6 Å². The third kappa shape index (κ3) is 4.04. The molecule has 0 spiro atoms. The number of carbonyl (C=O) groups is 2. The Morgan fingerprint density at radius 3 is 2.29 bits per heavy atom. The van der Waals surface area contributed by atoms with Crippen LogP contribution in [0.25, 0.3) is 0 Å². The standard InChI is InChI=1S/C15H16N4O2/c1-19(2)13-7-3-5-11(9-13)17-14(20)15(21)18-12-6-4-8-16-10-12/h3-10H,1-2H3,(H,17,20)(H,18,21). The Kier molecular flexibility index (Phi) is 4.50. The van der Waals surface area contributed by atoms with E-state index < -0.39 is 11.8 Å². The van der Waals surface area contributed by atoms with E-state index in [1.165, 1.54) is 6.20 Å². The fraction of sp³-hybridized carbons (Fsp3) is 0.133. The minimum atomic E-state index is -0.738. The average molecular weight is 284 g/mol. The van der Waals surface area contributed by atoms with Crippen molar-refractivity contribution in [3.63, 3.8) is 0 Å². The van der Waals surface area contributed by atoms with Gasteiger partial charge in [-0.05, 0) is 30.3 Å². The summed E-state index contributed by atoms with van der Waals surface area (Å²) in [6.45, 7) is 0. The minimum absolute atomic E-state index is 0.472. The van der Waals surface area contributed by atoms with Crippen LogP contribution in [0.3, 0.4) is 0 Å². The van der Waals surface area contributed by atoms with Crippen LogP contribution in [0.4, 0.5) is 17.1 Å². The van der Waals surface area contributed by atoms with Crippen molar-refractivity contribution in [2.24, 2.45) is 0 Å². The zero-order valence-corrected chi connectivity index (χ0v) is 11.8. The van der Waals surface area contributed by atoms with E-state index in [0.29, 0.717) is 11.4 Å². The van der Waals surface area contributed by atoms with Crippen molar-refractivity contribution < 1.29 is 9.59 Å². The van der Waals surface area contributed by atoms with Crippen LogP contribution in [0.5, 0.6) is 0 Å². The Balaban J connectivity index is 2.01. The molecule has 1 heterocycles. The van der Waals surface area contributed by atoms with Crippen LogP contribution < -0.4 is 15.5 Å². The van der Waals surface area contributed by atoms with E-state index in [1.807, 2.05) is 31.1 Å². The summed E-state index contributed by atoms with van der Waals surface area (Å²) in [5.74, 6) is -1.46. The molecule has 0 aliphatic heterocycles. The van der Waals surface area contributed by atoms with Gasteiger partial charge in [0.05, 0.1) is 11.9 Å². The number of anilines is 3. The summed E-state index contributed by atoms with van der Waals surface area (Å²) in [5, 5.41) is 5.03. The van der Waals surface area contributed by atoms with Gasteiger partial charge in [-0.15, -0.1) is 0 Å². The van der Waals surface area contributed by atoms with E-state index in [-0.39, 0.29) is 0 Å². The summed E-state index contributed by atoms with van der Waals surface area (Å²) in [6, 6.07) is 10.6. The van der Waals surface area contributed by atoms with Gasteiger partial charge in [0.1, 0.15) is 0 Å². The number of aromatic nitrogens is 1. The fourth-order valence-corrected chi connectivity index (χ4v) is 1.67. The SMILES string of the molecule is CN(C)c1cccc(NC(=O)C(=O)Nc2cccnc2)c1. The average Bonchev–Trinajstić information content (AvgIpc) is 2.48. The lowest BCUT2D eigenvalue weighted by molar-refractivity contribution is -0.133. The molecule has 108 valence electrons. The maximum Gasteiger partial charge on any atom is 0.314 e. The number of pyridine rings is 1. The molecule has 1 aromatic carbocycles. The maximum absolute atomic E-state index is 11.8. The van der Waals surface area contributed by atoms with Gasteiger partial charge >= 0.3 is 11.8 Å². The smallest absolute Gasteiger partial charge is 0.314 e. The van der Waals surface area contributed by atoms with Crippen molar-refractivity contribution in [1.82, 2.24) is 4.98 Å². The highest BCUT2D eigenvalue weighted by molar-refractivity contribution is 6.43. The number of rotatable bonds is 3. The minimum Gasteiger partial charge on any atom is -0.378 e. The normalized spacial score (nSPS) is 9.81. The molecule has 0 unspecified atom stereocenters. The Hall–Kier alpha value is -2.89. The van der Waals surface area contributed by atoms with Crippen LogP contribution in [-0.4, -0.2) is 30.9 Å². The number of hydrogen-bond acceptors (Lipinski definition) is 4. The second kappa shape index (κ2) is 6.51. The Morgan fingerprint density at radius 2 is 1.67 bits per heavy atom. The first-order valence-electron chi connectivity index (χ1n) is 6.36. The third-order valence-electron chi connectivity index (χ3n) is 2.75. The monoisotopic (exact) mass is 284 g/mol. The molecule has 0 fully saturated rings. The third-order valence-corrected chi connectivity index (χ3v) is 2.75. The predicted molar refractivity (Wildman–Crippen MR) is 82.3 cm³/mol. The predicted octanol–water partition coefficient (Wildman–Crippen LogP) is 1.72. The van der Waals surface area contributed by atoms with Crippen molar-refractivity contribution in [3.8, 4) is 0 Å². The first-order valence-corrected chi connectivity index (χ1v) is 6.36. The van der Waals surface area contributed by atoms with Crippen LogP contribution >= 0.6 is 0 Å². The lowest BCUT2D eigenvalue weighted by Crippen LogP contribution is -2.29. The molecule has 0 aliphatic carbocycles. The quantitative estimate of drug-likeness (QED) is 0.842. The number of carbonyl (C=O) groups excluding carboxylic acids is 2. The summed E-state index contributed by atoms with van der Waals surface area (Å²) in [6.07, 6.45) is 3.06. The van der Waals surface area contributed by atoms with Crippen LogP contribution in [0, 0.1) is 0 Å². The van der Waals surface area contributed by atoms with E-state index >= 15 is 0 Å². The molecule has 2 N–H and O–H groups in total. The van der Waals surface area contributed by atoms with Gasteiger partial charge in [-0.25, -0.2) is 0 Å². The molecule has 1 aromatic heterocycles. The van der Waals surface area contributed by atoms with Gasteiger partial charge < -0.3 is 15.5 Å². The molecule has 2 amide bonds. The van der Waals surface area contributed by atoms with Gasteiger partial charge in [-0.2, -0.15) is 0 Å². The summed E-state index contributed by atoms with van der Waals surface area (Å²) >= 11 is 0. The van der Waals surface area contributed by atoms with Crippen molar-refractivity contribution in [3.05, 3.63) is 48.8 Å². The molecule has 2 aromatic rings. The van der Waals surface area contributed by atoms with Crippen molar-refractivity contribution in [1.29, 1.82) is 0 Å². The highest BCUT2D eigenvalue weighted by Gasteiger charge is 2.14. The fourth-order valence-electron chi connectivity index (χ4n) is 1.67. The summed E-state index contributed by atoms with van der Waals surface area (Å²) in [7, 11) is 3.80. The van der Waals surface area contributed by atoms with Crippen LogP contribution in [0.1, 0.15) is 0 Å². The zero-order chi connectivity index (χ0) is 15.2. The maximum atomic E-state index is 11.8. The molecule has 2 rings (SSSR count). The van der Waals surface area contributed by atoms with Crippen molar-refractivity contribution in [2.45, 2.75) is 0 Å². The van der Waals surface area contributed by atoms with Gasteiger partial charge in [0, 0.05) is 31.7 Å². The number of nitrogens with zero attached hydrogens (tertiary/aromatic N) is 2. The number of benzene rings is 1. The molecular formula is C15H16N4O2. The molecule has 0 bridgehead atoms. The topological polar surface area (TPSA) is 74.3 Å². The van der Waals surface area contributed by atoms with Gasteiger partial charge in [-0.1, -0.05) is 6.07 Å². The molecule has 0 aliphatic rings. The Labute approximate surface area is 122 Å². The molecule has 0 radical (unpaired) electrons. The molecule has 6 nitrogen and oxygen atoms in total. The first-order chi connectivity index (χ1) is 10.1. The summed E-state index contributed by atoms with van der Waals surface area (Å²) < 4.78 is 0. The van der Waals surface area contributed by atoms with E-state index in [0.717, 1.165) is 5.69 Å². The van der Waals surface area contributed by atoms with Gasteiger partial charge in [0.2, 0.25) is 0 Å². The molecular weight excluding hydrogens is 268 g/mol. The zero-order valence-electron chi connectivity index (χ0n) is 11.8. The van der Waals surface area contributed by atoms with Gasteiger partial charge in [0.15, 0.2) is 0 Å². The van der Waals surface area contributed by atoms with Crippen molar-refractivity contribution >= 4 is 28.9 Å². The van der Waals surface area contributed by atoms with E-state index in [1.54, 1.807) is 30.5 Å². The summed E-state index contributed by atoms with van der Waals surface area (Å²) in [5.41, 5.74) is 1.97. The Bertz CT molecular complexity index is 641. The summed E-state index contributed by atoms with van der Waals surface area (Å²) in [4.78, 5) is 29.4. The number of hydrogen-bond donors (Lipinski definition) is 2. The van der Waals surface area contributed by atoms with Crippen LogP contribution in [-0.2, 0) is 9.59 Å². The first kappa shape index (κ1) is 14.5. The van der Waals surface area contributed by atoms with Crippen LogP contribution in [0.15, 0.2) is 48.8 Å². The second-order valence-electron chi connectivity index (χ2n) is 4.59. The number of amides is 2. The highest BCUT2D eigenvalue weighted by Crippen LogP contribution is 2.17. The molecule has 0 atom stereocenters. The highest BCUT2D eigenvalue weighted by atomic mass is 16.2.